The van der Waals surface area contributed by atoms with E-state index in [4.69, 9.17) is 10.2 Å². The second-order valence-corrected chi connectivity index (χ2v) is 5.70. The third kappa shape index (κ3) is 5.00. The molecule has 1 aliphatic rings. The van der Waals surface area contributed by atoms with Crippen LogP contribution in [0.3, 0.4) is 0 Å². The molecule has 0 aromatic heterocycles. The van der Waals surface area contributed by atoms with Gasteiger partial charge in [-0.05, 0) is 0 Å². The molecule has 2 amide bonds. The minimum Gasteiger partial charge on any atom is -0.481 e. The lowest BCUT2D eigenvalue weighted by Gasteiger charge is -2.38. The van der Waals surface area contributed by atoms with Gasteiger partial charge in [0.25, 0.3) is 0 Å². The molecule has 1 fully saturated rings. The molecule has 1 heterocycles. The Morgan fingerprint density at radius 2 is 2.00 bits per heavy atom. The van der Waals surface area contributed by atoms with Crippen LogP contribution in [0.15, 0.2) is 0 Å². The molecule has 0 spiro atoms. The summed E-state index contributed by atoms with van der Waals surface area (Å²) in [5.74, 6) is -1.22. The molecule has 9 heteroatoms. The average Bonchev–Trinajstić information content (AvgIpc) is 2.07. The number of nitrogens with zero attached hydrogens (tertiary/aromatic N) is 1. The summed E-state index contributed by atoms with van der Waals surface area (Å²) in [6, 6.07) is -0.393. The Hall–Kier alpha value is -1.35. The van der Waals surface area contributed by atoms with Gasteiger partial charge in [0.2, 0.25) is 10.0 Å². The number of carboxylic acid groups (broad SMARTS) is 1. The fourth-order valence-electron chi connectivity index (χ4n) is 1.52. The maximum absolute atomic E-state index is 11.4. The number of nitrogens with one attached hydrogen (secondary N) is 1. The van der Waals surface area contributed by atoms with Crippen molar-refractivity contribution in [3.63, 3.8) is 0 Å². The Balaban J connectivity index is 2.17. The van der Waals surface area contributed by atoms with Crippen LogP contribution in [0.5, 0.6) is 0 Å². The van der Waals surface area contributed by atoms with Gasteiger partial charge < -0.3 is 15.3 Å². The molecule has 0 aromatic rings. The quantitative estimate of drug-likeness (QED) is 0.550. The van der Waals surface area contributed by atoms with Crippen LogP contribution in [-0.2, 0) is 14.8 Å². The van der Waals surface area contributed by atoms with E-state index < -0.39 is 22.0 Å². The Morgan fingerprint density at radius 3 is 2.47 bits per heavy atom. The van der Waals surface area contributed by atoms with Gasteiger partial charge in [-0.25, -0.2) is 18.4 Å². The third-order valence-corrected chi connectivity index (χ3v) is 3.14. The van der Waals surface area contributed by atoms with E-state index in [9.17, 15) is 18.0 Å². The predicted molar refractivity (Wildman–Crippen MR) is 58.7 cm³/mol. The number of amides is 2. The molecular formula is C8H15N3O5S. The van der Waals surface area contributed by atoms with Crippen molar-refractivity contribution in [3.8, 4) is 0 Å². The van der Waals surface area contributed by atoms with Crippen molar-refractivity contribution in [2.75, 3.05) is 25.4 Å². The molecule has 17 heavy (non-hydrogen) atoms. The minimum absolute atomic E-state index is 0.0171. The lowest BCUT2D eigenvalue weighted by atomic mass is 9.97. The SMILES string of the molecule is NS(=O)(=O)CCNC(=O)N1CC(CC(=O)O)C1. The van der Waals surface area contributed by atoms with Crippen molar-refractivity contribution in [3.05, 3.63) is 0 Å². The van der Waals surface area contributed by atoms with Gasteiger partial charge in [0.1, 0.15) is 0 Å². The van der Waals surface area contributed by atoms with Crippen LogP contribution in [0, 0.1) is 5.92 Å². The first-order valence-corrected chi connectivity index (χ1v) is 6.74. The van der Waals surface area contributed by atoms with Crippen molar-refractivity contribution in [2.45, 2.75) is 6.42 Å². The number of carbonyl (C=O) groups is 2. The van der Waals surface area contributed by atoms with Crippen molar-refractivity contribution in [2.24, 2.45) is 11.1 Å². The molecule has 0 bridgehead atoms. The summed E-state index contributed by atoms with van der Waals surface area (Å²) in [7, 11) is -3.57. The van der Waals surface area contributed by atoms with E-state index in [1.165, 1.54) is 4.90 Å². The molecule has 98 valence electrons. The zero-order valence-corrected chi connectivity index (χ0v) is 9.94. The second-order valence-electron chi connectivity index (χ2n) is 3.97. The number of aliphatic carboxylic acids is 1. The van der Waals surface area contributed by atoms with Crippen LogP contribution in [0.2, 0.25) is 0 Å². The Labute approximate surface area is 98.8 Å². The first kappa shape index (κ1) is 13.7. The van der Waals surface area contributed by atoms with E-state index >= 15 is 0 Å². The highest BCUT2D eigenvalue weighted by Gasteiger charge is 2.31. The first-order valence-electron chi connectivity index (χ1n) is 5.03. The number of nitrogens with two attached hydrogens (primary N) is 1. The molecule has 0 radical (unpaired) electrons. The van der Waals surface area contributed by atoms with Gasteiger partial charge in [-0.3, -0.25) is 4.79 Å². The summed E-state index contributed by atoms with van der Waals surface area (Å²) in [5, 5.41) is 15.7. The van der Waals surface area contributed by atoms with Crippen LogP contribution < -0.4 is 10.5 Å². The van der Waals surface area contributed by atoms with E-state index in [2.05, 4.69) is 5.32 Å². The number of primary sulfonamides is 1. The molecular weight excluding hydrogens is 250 g/mol. The van der Waals surface area contributed by atoms with E-state index in [0.29, 0.717) is 13.1 Å². The summed E-state index contributed by atoms with van der Waals surface area (Å²) in [6.45, 7) is 0.721. The minimum atomic E-state index is -3.57. The van der Waals surface area contributed by atoms with E-state index in [-0.39, 0.29) is 24.6 Å². The molecule has 8 nitrogen and oxygen atoms in total. The lowest BCUT2D eigenvalue weighted by Crippen LogP contribution is -2.54. The number of rotatable bonds is 5. The Kier molecular flexibility index (Phi) is 4.29. The maximum Gasteiger partial charge on any atom is 0.317 e. The van der Waals surface area contributed by atoms with Gasteiger partial charge in [-0.2, -0.15) is 0 Å². The number of carboxylic acids is 1. The highest BCUT2D eigenvalue weighted by Crippen LogP contribution is 2.18. The number of likely N-dealkylation sites (tertiary alicyclic amines) is 1. The van der Waals surface area contributed by atoms with Crippen molar-refractivity contribution in [1.29, 1.82) is 0 Å². The Bertz CT molecular complexity index is 401. The predicted octanol–water partition coefficient (Wildman–Crippen LogP) is -1.61. The van der Waals surface area contributed by atoms with Crippen LogP contribution >= 0.6 is 0 Å². The summed E-state index contributed by atoms with van der Waals surface area (Å²) >= 11 is 0. The molecule has 0 saturated carbocycles. The highest BCUT2D eigenvalue weighted by atomic mass is 32.2. The standard InChI is InChI=1S/C8H15N3O5S/c9-17(15,16)2-1-10-8(14)11-4-6(5-11)3-7(12)13/h6H,1-5H2,(H,10,14)(H,12,13)(H2,9,15,16). The molecule has 1 aliphatic heterocycles. The summed E-state index contributed by atoms with van der Waals surface area (Å²) in [5.41, 5.74) is 0. The molecule has 0 aliphatic carbocycles. The van der Waals surface area contributed by atoms with Crippen molar-refractivity contribution < 1.29 is 23.1 Å². The van der Waals surface area contributed by atoms with E-state index in [0.717, 1.165) is 0 Å². The number of hydrogen-bond donors (Lipinski definition) is 3. The van der Waals surface area contributed by atoms with Crippen molar-refractivity contribution in [1.82, 2.24) is 10.2 Å². The van der Waals surface area contributed by atoms with Crippen LogP contribution in [-0.4, -0.2) is 55.8 Å². The highest BCUT2D eigenvalue weighted by molar-refractivity contribution is 7.89. The summed E-state index contributed by atoms with van der Waals surface area (Å²) < 4.78 is 21.2. The van der Waals surface area contributed by atoms with Gasteiger partial charge in [-0.15, -0.1) is 0 Å². The number of hydrogen-bond acceptors (Lipinski definition) is 4. The summed E-state index contributed by atoms with van der Waals surface area (Å²) in [6.07, 6.45) is 0.0426. The fraction of sp³-hybridized carbons (Fsp3) is 0.750. The maximum atomic E-state index is 11.4. The molecule has 0 atom stereocenters. The van der Waals surface area contributed by atoms with E-state index in [1.807, 2.05) is 0 Å². The molecule has 0 aromatic carbocycles. The van der Waals surface area contributed by atoms with Crippen LogP contribution in [0.1, 0.15) is 6.42 Å². The summed E-state index contributed by atoms with van der Waals surface area (Å²) in [4.78, 5) is 23.2. The molecule has 1 rings (SSSR count). The number of carbonyl (C=O) groups excluding carboxylic acids is 1. The van der Waals surface area contributed by atoms with Gasteiger partial charge in [0, 0.05) is 25.6 Å². The topological polar surface area (TPSA) is 130 Å². The van der Waals surface area contributed by atoms with Crippen LogP contribution in [0.4, 0.5) is 4.79 Å². The fourth-order valence-corrected chi connectivity index (χ4v) is 1.91. The van der Waals surface area contributed by atoms with Crippen molar-refractivity contribution >= 4 is 22.0 Å². The van der Waals surface area contributed by atoms with Gasteiger partial charge in [-0.1, -0.05) is 0 Å². The monoisotopic (exact) mass is 265 g/mol. The first-order chi connectivity index (χ1) is 7.78. The van der Waals surface area contributed by atoms with Gasteiger partial charge in [0.15, 0.2) is 0 Å². The lowest BCUT2D eigenvalue weighted by molar-refractivity contribution is -0.139. The Morgan fingerprint density at radius 1 is 1.41 bits per heavy atom. The molecule has 4 N–H and O–H groups in total. The average molecular weight is 265 g/mol. The normalized spacial score (nSPS) is 16.4. The van der Waals surface area contributed by atoms with Gasteiger partial charge in [0.05, 0.1) is 12.2 Å². The smallest absolute Gasteiger partial charge is 0.317 e. The third-order valence-electron chi connectivity index (χ3n) is 2.37. The zero-order chi connectivity index (χ0) is 13.1. The van der Waals surface area contributed by atoms with Crippen LogP contribution in [0.25, 0.3) is 0 Å². The zero-order valence-electron chi connectivity index (χ0n) is 9.13. The van der Waals surface area contributed by atoms with Gasteiger partial charge >= 0.3 is 12.0 Å². The number of urea groups is 1. The number of sulfonamides is 1. The molecule has 1 saturated heterocycles. The second kappa shape index (κ2) is 5.32. The molecule has 0 unspecified atom stereocenters. The largest absolute Gasteiger partial charge is 0.481 e. The van der Waals surface area contributed by atoms with E-state index in [1.54, 1.807) is 0 Å².